The molecule has 0 spiro atoms. The Morgan fingerprint density at radius 2 is 1.62 bits per heavy atom. The average molecular weight is 306 g/mol. The van der Waals surface area contributed by atoms with E-state index < -0.39 is 4.75 Å². The summed E-state index contributed by atoms with van der Waals surface area (Å²) >= 11 is 1.39. The maximum Gasteiger partial charge on any atom is 0.330 e. The van der Waals surface area contributed by atoms with E-state index in [9.17, 15) is 9.59 Å². The standard InChI is InChI=1S/C17H22O3S/c1-7-9-13-11(3)17(21-6,16(19)20-5)12(4)14(10-8-2)15(13)18/h7-8H,1-2,9-10H2,3-6H3. The number of hydrogen-bond donors (Lipinski definition) is 0. The van der Waals surface area contributed by atoms with Crippen LogP contribution in [0.3, 0.4) is 0 Å². The first-order chi connectivity index (χ1) is 9.92. The van der Waals surface area contributed by atoms with Crippen LogP contribution in [0.15, 0.2) is 47.6 Å². The van der Waals surface area contributed by atoms with Gasteiger partial charge in [-0.2, -0.15) is 0 Å². The smallest absolute Gasteiger partial charge is 0.330 e. The van der Waals surface area contributed by atoms with Crippen LogP contribution in [0.4, 0.5) is 0 Å². The fourth-order valence-electron chi connectivity index (χ4n) is 2.85. The molecule has 0 unspecified atom stereocenters. The zero-order valence-electron chi connectivity index (χ0n) is 13.1. The normalized spacial score (nSPS) is 17.8. The van der Waals surface area contributed by atoms with Crippen molar-refractivity contribution in [3.8, 4) is 0 Å². The molecule has 0 radical (unpaired) electrons. The fourth-order valence-corrected chi connectivity index (χ4v) is 3.96. The Bertz CT molecular complexity index is 516. The molecule has 0 aromatic carbocycles. The van der Waals surface area contributed by atoms with Crippen LogP contribution in [0.5, 0.6) is 0 Å². The third kappa shape index (κ3) is 2.64. The van der Waals surface area contributed by atoms with Crippen molar-refractivity contribution >= 4 is 23.5 Å². The van der Waals surface area contributed by atoms with E-state index in [1.165, 1.54) is 18.9 Å². The van der Waals surface area contributed by atoms with Gasteiger partial charge in [0.15, 0.2) is 10.5 Å². The molecule has 21 heavy (non-hydrogen) atoms. The van der Waals surface area contributed by atoms with E-state index in [4.69, 9.17) is 4.74 Å². The van der Waals surface area contributed by atoms with Gasteiger partial charge in [0.2, 0.25) is 0 Å². The molecule has 4 heteroatoms. The van der Waals surface area contributed by atoms with Crippen molar-refractivity contribution in [3.05, 3.63) is 47.6 Å². The Morgan fingerprint density at radius 3 is 1.90 bits per heavy atom. The lowest BCUT2D eigenvalue weighted by Crippen LogP contribution is -2.43. The molecule has 0 fully saturated rings. The van der Waals surface area contributed by atoms with Crippen LogP contribution in [-0.4, -0.2) is 29.9 Å². The maximum absolute atomic E-state index is 12.7. The predicted molar refractivity (Wildman–Crippen MR) is 88.3 cm³/mol. The summed E-state index contributed by atoms with van der Waals surface area (Å²) in [6, 6.07) is 0. The largest absolute Gasteiger partial charge is 0.467 e. The molecule has 1 aliphatic rings. The Hall–Kier alpha value is -1.55. The molecule has 1 rings (SSSR count). The first-order valence-corrected chi connectivity index (χ1v) is 7.95. The zero-order valence-corrected chi connectivity index (χ0v) is 13.9. The van der Waals surface area contributed by atoms with Crippen LogP contribution in [0.25, 0.3) is 0 Å². The topological polar surface area (TPSA) is 43.4 Å². The third-order valence-corrected chi connectivity index (χ3v) is 5.38. The molecule has 0 saturated heterocycles. The highest BCUT2D eigenvalue weighted by atomic mass is 32.2. The summed E-state index contributed by atoms with van der Waals surface area (Å²) in [5.41, 5.74) is 2.76. The van der Waals surface area contributed by atoms with Gasteiger partial charge in [-0.05, 0) is 44.1 Å². The minimum atomic E-state index is -0.931. The zero-order chi connectivity index (χ0) is 16.2. The molecule has 1 aliphatic carbocycles. The number of carbonyl (C=O) groups is 2. The third-order valence-electron chi connectivity index (χ3n) is 3.99. The molecule has 0 N–H and O–H groups in total. The Morgan fingerprint density at radius 1 is 1.19 bits per heavy atom. The van der Waals surface area contributed by atoms with Crippen LogP contribution in [-0.2, 0) is 14.3 Å². The summed E-state index contributed by atoms with van der Waals surface area (Å²) in [6.07, 6.45) is 6.11. The summed E-state index contributed by atoms with van der Waals surface area (Å²) in [4.78, 5) is 25.1. The van der Waals surface area contributed by atoms with Crippen LogP contribution < -0.4 is 0 Å². The van der Waals surface area contributed by atoms with Crippen molar-refractivity contribution in [2.24, 2.45) is 0 Å². The highest BCUT2D eigenvalue weighted by Gasteiger charge is 2.48. The second-order valence-electron chi connectivity index (χ2n) is 4.90. The lowest BCUT2D eigenvalue weighted by atomic mass is 9.75. The second-order valence-corrected chi connectivity index (χ2v) is 5.92. The number of rotatable bonds is 6. The predicted octanol–water partition coefficient (Wildman–Crippen LogP) is 3.63. The number of thioether (sulfide) groups is 1. The molecule has 0 bridgehead atoms. The summed E-state index contributed by atoms with van der Waals surface area (Å²) in [5, 5.41) is 0. The molecule has 0 aromatic rings. The molecular weight excluding hydrogens is 284 g/mol. The second kappa shape index (κ2) is 6.94. The van der Waals surface area contributed by atoms with Gasteiger partial charge >= 0.3 is 5.97 Å². The number of ether oxygens (including phenoxy) is 1. The van der Waals surface area contributed by atoms with Gasteiger partial charge < -0.3 is 4.74 Å². The van der Waals surface area contributed by atoms with Crippen LogP contribution >= 0.6 is 11.8 Å². The van der Waals surface area contributed by atoms with Crippen molar-refractivity contribution in [1.82, 2.24) is 0 Å². The SMILES string of the molecule is C=CCC1=C(C)C(SC)(C(=O)OC)C(C)=C(CC=C)C1=O. The molecule has 3 nitrogen and oxygen atoms in total. The molecule has 114 valence electrons. The highest BCUT2D eigenvalue weighted by Crippen LogP contribution is 2.47. The number of carbonyl (C=O) groups excluding carboxylic acids is 2. The van der Waals surface area contributed by atoms with E-state index in [-0.39, 0.29) is 11.8 Å². The van der Waals surface area contributed by atoms with E-state index in [1.807, 2.05) is 20.1 Å². The van der Waals surface area contributed by atoms with E-state index in [0.717, 1.165) is 11.1 Å². The van der Waals surface area contributed by atoms with Crippen LogP contribution in [0.2, 0.25) is 0 Å². The summed E-state index contributed by atoms with van der Waals surface area (Å²) in [7, 11) is 1.37. The minimum absolute atomic E-state index is 0.0154. The van der Waals surface area contributed by atoms with E-state index in [2.05, 4.69) is 13.2 Å². The fraction of sp³-hybridized carbons (Fsp3) is 0.412. The van der Waals surface area contributed by atoms with E-state index >= 15 is 0 Å². The van der Waals surface area contributed by atoms with Crippen molar-refractivity contribution in [2.75, 3.05) is 13.4 Å². The Kier molecular flexibility index (Phi) is 5.78. The number of ketones is 1. The van der Waals surface area contributed by atoms with Crippen LogP contribution in [0.1, 0.15) is 26.7 Å². The molecule has 0 aliphatic heterocycles. The van der Waals surface area contributed by atoms with Gasteiger partial charge in [0.05, 0.1) is 7.11 Å². The van der Waals surface area contributed by atoms with Gasteiger partial charge in [0, 0.05) is 11.1 Å². The number of esters is 1. The lowest BCUT2D eigenvalue weighted by Gasteiger charge is -2.37. The number of hydrogen-bond acceptors (Lipinski definition) is 4. The quantitative estimate of drug-likeness (QED) is 0.555. The molecule has 0 atom stereocenters. The molecule has 0 saturated carbocycles. The average Bonchev–Trinajstić information content (AvgIpc) is 2.48. The Balaban J connectivity index is 3.69. The molecule has 0 aromatic heterocycles. The lowest BCUT2D eigenvalue weighted by molar-refractivity contribution is -0.141. The molecular formula is C17H22O3S. The first-order valence-electron chi connectivity index (χ1n) is 6.72. The van der Waals surface area contributed by atoms with Gasteiger partial charge in [-0.3, -0.25) is 4.79 Å². The summed E-state index contributed by atoms with van der Waals surface area (Å²) < 4.78 is 4.09. The monoisotopic (exact) mass is 306 g/mol. The maximum atomic E-state index is 12.7. The van der Waals surface area contributed by atoms with Crippen molar-refractivity contribution in [2.45, 2.75) is 31.4 Å². The first kappa shape index (κ1) is 17.5. The van der Waals surface area contributed by atoms with Gasteiger partial charge in [0.1, 0.15) is 0 Å². The van der Waals surface area contributed by atoms with Crippen molar-refractivity contribution in [1.29, 1.82) is 0 Å². The highest BCUT2D eigenvalue weighted by molar-refractivity contribution is 8.01. The number of allylic oxidation sites excluding steroid dienone is 4. The number of methoxy groups -OCH3 is 1. The summed E-state index contributed by atoms with van der Waals surface area (Å²) in [6.45, 7) is 11.1. The molecule has 0 amide bonds. The van der Waals surface area contributed by atoms with Gasteiger partial charge in [-0.15, -0.1) is 24.9 Å². The minimum Gasteiger partial charge on any atom is -0.467 e. The van der Waals surface area contributed by atoms with Crippen molar-refractivity contribution < 1.29 is 14.3 Å². The van der Waals surface area contributed by atoms with Gasteiger partial charge in [-0.25, -0.2) is 4.79 Å². The van der Waals surface area contributed by atoms with E-state index in [0.29, 0.717) is 24.0 Å². The summed E-state index contributed by atoms with van der Waals surface area (Å²) in [5.74, 6) is -0.362. The molecule has 0 heterocycles. The van der Waals surface area contributed by atoms with Gasteiger partial charge in [-0.1, -0.05) is 12.2 Å². The van der Waals surface area contributed by atoms with Crippen LogP contribution in [0, 0.1) is 0 Å². The van der Waals surface area contributed by atoms with Gasteiger partial charge in [0.25, 0.3) is 0 Å². The van der Waals surface area contributed by atoms with Crippen molar-refractivity contribution in [3.63, 3.8) is 0 Å². The van der Waals surface area contributed by atoms with E-state index in [1.54, 1.807) is 12.2 Å². The Labute approximate surface area is 130 Å². The number of Topliss-reactive ketones (excluding diaryl/α,β-unsaturated/α-hetero) is 1.